The van der Waals surface area contributed by atoms with E-state index in [2.05, 4.69) is 10.6 Å². The van der Waals surface area contributed by atoms with Gasteiger partial charge in [-0.2, -0.15) is 0 Å². The van der Waals surface area contributed by atoms with Crippen molar-refractivity contribution in [2.45, 2.75) is 11.3 Å². The van der Waals surface area contributed by atoms with E-state index in [4.69, 9.17) is 4.74 Å². The van der Waals surface area contributed by atoms with Crippen LogP contribution in [0.1, 0.15) is 6.42 Å². The molecule has 0 saturated carbocycles. The molecule has 1 heterocycles. The highest BCUT2D eigenvalue weighted by molar-refractivity contribution is 7.98. The number of amides is 2. The van der Waals surface area contributed by atoms with Crippen LogP contribution >= 0.6 is 11.8 Å². The molecule has 1 aliphatic rings. The van der Waals surface area contributed by atoms with E-state index in [1.165, 1.54) is 0 Å². The highest BCUT2D eigenvalue weighted by atomic mass is 32.2. The number of hydrogen-bond donors (Lipinski definition) is 2. The van der Waals surface area contributed by atoms with Gasteiger partial charge in [-0.1, -0.05) is 6.07 Å². The molecule has 2 amide bonds. The lowest BCUT2D eigenvalue weighted by Gasteiger charge is -2.11. The second-order valence-electron chi connectivity index (χ2n) is 4.30. The SMILES string of the molecule is CSc1cccc(NC(=O)NCC2CCOC2)c1. The minimum absolute atomic E-state index is 0.153. The molecule has 0 aromatic heterocycles. The van der Waals surface area contributed by atoms with Crippen LogP contribution in [0.5, 0.6) is 0 Å². The van der Waals surface area contributed by atoms with E-state index in [0.717, 1.165) is 30.2 Å². The van der Waals surface area contributed by atoms with Crippen LogP contribution in [0.3, 0.4) is 0 Å². The number of ether oxygens (including phenoxy) is 1. The molecule has 0 radical (unpaired) electrons. The summed E-state index contributed by atoms with van der Waals surface area (Å²) in [5.74, 6) is 0.452. The summed E-state index contributed by atoms with van der Waals surface area (Å²) in [7, 11) is 0. The number of carbonyl (C=O) groups excluding carboxylic acids is 1. The summed E-state index contributed by atoms with van der Waals surface area (Å²) in [5.41, 5.74) is 0.821. The molecular weight excluding hydrogens is 248 g/mol. The first-order chi connectivity index (χ1) is 8.78. The molecular formula is C13H18N2O2S. The van der Waals surface area contributed by atoms with Crippen LogP contribution in [0.2, 0.25) is 0 Å². The van der Waals surface area contributed by atoms with Gasteiger partial charge in [0.15, 0.2) is 0 Å². The quantitative estimate of drug-likeness (QED) is 0.824. The van der Waals surface area contributed by atoms with Crippen LogP contribution in [0.15, 0.2) is 29.2 Å². The number of thioether (sulfide) groups is 1. The molecule has 5 heteroatoms. The van der Waals surface area contributed by atoms with E-state index >= 15 is 0 Å². The molecule has 1 aliphatic heterocycles. The molecule has 0 spiro atoms. The van der Waals surface area contributed by atoms with Crippen LogP contribution in [0.4, 0.5) is 10.5 Å². The van der Waals surface area contributed by atoms with Crippen molar-refractivity contribution in [2.24, 2.45) is 5.92 Å². The molecule has 1 aromatic rings. The fraction of sp³-hybridized carbons (Fsp3) is 0.462. The van der Waals surface area contributed by atoms with Crippen LogP contribution < -0.4 is 10.6 Å². The minimum atomic E-state index is -0.153. The minimum Gasteiger partial charge on any atom is -0.381 e. The Hall–Kier alpha value is -1.20. The van der Waals surface area contributed by atoms with Gasteiger partial charge in [0.25, 0.3) is 0 Å². The summed E-state index contributed by atoms with van der Waals surface area (Å²) < 4.78 is 5.26. The Labute approximate surface area is 111 Å². The maximum Gasteiger partial charge on any atom is 0.319 e. The molecule has 0 aliphatic carbocycles. The first-order valence-electron chi connectivity index (χ1n) is 6.04. The van der Waals surface area contributed by atoms with Gasteiger partial charge in [-0.3, -0.25) is 0 Å². The van der Waals surface area contributed by atoms with E-state index in [-0.39, 0.29) is 6.03 Å². The monoisotopic (exact) mass is 266 g/mol. The number of hydrogen-bond acceptors (Lipinski definition) is 3. The average molecular weight is 266 g/mol. The standard InChI is InChI=1S/C13H18N2O2S/c1-18-12-4-2-3-11(7-12)15-13(16)14-8-10-5-6-17-9-10/h2-4,7,10H,5-6,8-9H2,1H3,(H2,14,15,16). The third kappa shape index (κ3) is 3.92. The Balaban J connectivity index is 1.78. The van der Waals surface area contributed by atoms with Crippen molar-refractivity contribution in [3.8, 4) is 0 Å². The highest BCUT2D eigenvalue weighted by Gasteiger charge is 2.16. The maximum atomic E-state index is 11.7. The van der Waals surface area contributed by atoms with Gasteiger partial charge >= 0.3 is 6.03 Å². The predicted molar refractivity (Wildman–Crippen MR) is 74.2 cm³/mol. The summed E-state index contributed by atoms with van der Waals surface area (Å²) in [6.45, 7) is 2.24. The Morgan fingerprint density at radius 3 is 3.17 bits per heavy atom. The lowest BCUT2D eigenvalue weighted by atomic mass is 10.1. The number of rotatable bonds is 4. The van der Waals surface area contributed by atoms with E-state index < -0.39 is 0 Å². The van der Waals surface area contributed by atoms with E-state index in [9.17, 15) is 4.79 Å². The summed E-state index contributed by atoms with van der Waals surface area (Å²) in [6.07, 6.45) is 3.04. The molecule has 1 saturated heterocycles. The fourth-order valence-electron chi connectivity index (χ4n) is 1.86. The molecule has 1 atom stereocenters. The molecule has 2 rings (SSSR count). The lowest BCUT2D eigenvalue weighted by Crippen LogP contribution is -2.33. The van der Waals surface area contributed by atoms with Gasteiger partial charge < -0.3 is 15.4 Å². The Kier molecular flexibility index (Phi) is 4.90. The molecule has 1 unspecified atom stereocenters. The van der Waals surface area contributed by atoms with Gasteiger partial charge in [0, 0.05) is 29.7 Å². The van der Waals surface area contributed by atoms with Gasteiger partial charge in [-0.15, -0.1) is 11.8 Å². The van der Waals surface area contributed by atoms with Gasteiger partial charge in [-0.25, -0.2) is 4.79 Å². The van der Waals surface area contributed by atoms with Crippen molar-refractivity contribution in [3.05, 3.63) is 24.3 Å². The molecule has 98 valence electrons. The van der Waals surface area contributed by atoms with Gasteiger partial charge in [0.2, 0.25) is 0 Å². The lowest BCUT2D eigenvalue weighted by molar-refractivity contribution is 0.185. The highest BCUT2D eigenvalue weighted by Crippen LogP contribution is 2.18. The molecule has 2 N–H and O–H groups in total. The Bertz CT molecular complexity index is 406. The van der Waals surface area contributed by atoms with Crippen LogP contribution in [-0.4, -0.2) is 32.0 Å². The van der Waals surface area contributed by atoms with Crippen molar-refractivity contribution in [1.29, 1.82) is 0 Å². The average Bonchev–Trinajstić information content (AvgIpc) is 2.90. The first kappa shape index (κ1) is 13.2. The summed E-state index contributed by atoms with van der Waals surface area (Å²) in [4.78, 5) is 12.8. The Morgan fingerprint density at radius 1 is 1.56 bits per heavy atom. The van der Waals surface area contributed by atoms with E-state index in [0.29, 0.717) is 12.5 Å². The number of urea groups is 1. The van der Waals surface area contributed by atoms with Gasteiger partial charge in [0.1, 0.15) is 0 Å². The van der Waals surface area contributed by atoms with Crippen molar-refractivity contribution in [1.82, 2.24) is 5.32 Å². The molecule has 18 heavy (non-hydrogen) atoms. The van der Waals surface area contributed by atoms with E-state index in [1.807, 2.05) is 30.5 Å². The second kappa shape index (κ2) is 6.66. The first-order valence-corrected chi connectivity index (χ1v) is 7.27. The van der Waals surface area contributed by atoms with Gasteiger partial charge in [0.05, 0.1) is 6.61 Å². The third-order valence-corrected chi connectivity index (χ3v) is 3.63. The topological polar surface area (TPSA) is 50.4 Å². The number of anilines is 1. The third-order valence-electron chi connectivity index (χ3n) is 2.90. The number of nitrogens with one attached hydrogen (secondary N) is 2. The second-order valence-corrected chi connectivity index (χ2v) is 5.18. The largest absolute Gasteiger partial charge is 0.381 e. The van der Waals surface area contributed by atoms with Crippen LogP contribution in [0.25, 0.3) is 0 Å². The van der Waals surface area contributed by atoms with Gasteiger partial charge in [-0.05, 0) is 30.9 Å². The normalized spacial score (nSPS) is 18.6. The van der Waals surface area contributed by atoms with Crippen LogP contribution in [-0.2, 0) is 4.74 Å². The number of benzene rings is 1. The zero-order valence-corrected chi connectivity index (χ0v) is 11.3. The molecule has 1 aromatic carbocycles. The molecule has 0 bridgehead atoms. The summed E-state index contributed by atoms with van der Waals surface area (Å²) in [6, 6.07) is 7.65. The van der Waals surface area contributed by atoms with Crippen molar-refractivity contribution in [3.63, 3.8) is 0 Å². The van der Waals surface area contributed by atoms with Crippen molar-refractivity contribution < 1.29 is 9.53 Å². The summed E-state index contributed by atoms with van der Waals surface area (Å²) in [5, 5.41) is 5.71. The summed E-state index contributed by atoms with van der Waals surface area (Å²) >= 11 is 1.66. The zero-order valence-electron chi connectivity index (χ0n) is 10.4. The van der Waals surface area contributed by atoms with E-state index in [1.54, 1.807) is 11.8 Å². The van der Waals surface area contributed by atoms with Crippen molar-refractivity contribution >= 4 is 23.5 Å². The number of carbonyl (C=O) groups is 1. The predicted octanol–water partition coefficient (Wildman–Crippen LogP) is 2.57. The Morgan fingerprint density at radius 2 is 2.44 bits per heavy atom. The fourth-order valence-corrected chi connectivity index (χ4v) is 2.32. The van der Waals surface area contributed by atoms with Crippen LogP contribution in [0, 0.1) is 5.92 Å². The van der Waals surface area contributed by atoms with Crippen molar-refractivity contribution in [2.75, 3.05) is 31.3 Å². The maximum absolute atomic E-state index is 11.7. The molecule has 1 fully saturated rings. The smallest absolute Gasteiger partial charge is 0.319 e. The molecule has 4 nitrogen and oxygen atoms in total. The zero-order chi connectivity index (χ0) is 12.8.